The van der Waals surface area contributed by atoms with Crippen molar-refractivity contribution < 1.29 is 23.7 Å². The fourth-order valence-corrected chi connectivity index (χ4v) is 2.05. The van der Waals surface area contributed by atoms with Crippen LogP contribution < -0.4 is 18.9 Å². The quantitative estimate of drug-likeness (QED) is 0.395. The molecule has 0 aliphatic rings. The van der Waals surface area contributed by atoms with Gasteiger partial charge in [0.2, 0.25) is 10.6 Å². The van der Waals surface area contributed by atoms with Gasteiger partial charge in [0.25, 0.3) is 0 Å². The van der Waals surface area contributed by atoms with Crippen molar-refractivity contribution in [3.63, 3.8) is 0 Å². The van der Waals surface area contributed by atoms with Crippen LogP contribution in [0.15, 0.2) is 0 Å². The van der Waals surface area contributed by atoms with Gasteiger partial charge in [-0.2, -0.15) is 19.9 Å². The summed E-state index contributed by atoms with van der Waals surface area (Å²) in [7, 11) is 0. The second-order valence-electron chi connectivity index (χ2n) is 5.35. The molecular formula is C16H22Cl2N6O5. The fourth-order valence-electron chi connectivity index (χ4n) is 1.76. The van der Waals surface area contributed by atoms with Crippen molar-refractivity contribution in [2.45, 2.75) is 26.7 Å². The molecule has 29 heavy (non-hydrogen) atoms. The summed E-state index contributed by atoms with van der Waals surface area (Å²) in [4.78, 5) is 23.5. The lowest BCUT2D eigenvalue weighted by Crippen LogP contribution is -2.14. The highest BCUT2D eigenvalue weighted by molar-refractivity contribution is 6.28. The molecule has 0 fully saturated rings. The number of nitrogens with zero attached hydrogens (tertiary/aromatic N) is 6. The standard InChI is InChI=1S/C16H22Cl2N6O5/c1-3-5-26-13-19-11(17)21-15(23-13)28-9-7-25-8-10-29-16-22-12(18)20-14(24-16)27-6-4-2/h3-10H2,1-2H3. The maximum atomic E-state index is 5.81. The summed E-state index contributed by atoms with van der Waals surface area (Å²) < 4.78 is 26.8. The summed E-state index contributed by atoms with van der Waals surface area (Å²) in [5.41, 5.74) is 0. The zero-order valence-corrected chi connectivity index (χ0v) is 17.6. The molecule has 2 heterocycles. The molecule has 0 N–H and O–H groups in total. The van der Waals surface area contributed by atoms with Gasteiger partial charge >= 0.3 is 24.0 Å². The van der Waals surface area contributed by atoms with Crippen LogP contribution in [0.5, 0.6) is 24.0 Å². The number of hydrogen-bond acceptors (Lipinski definition) is 11. The summed E-state index contributed by atoms with van der Waals surface area (Å²) in [6.07, 6.45) is 1.64. The molecule has 2 aromatic rings. The van der Waals surface area contributed by atoms with Gasteiger partial charge in [-0.25, -0.2) is 0 Å². The van der Waals surface area contributed by atoms with E-state index in [0.717, 1.165) is 12.8 Å². The lowest BCUT2D eigenvalue weighted by molar-refractivity contribution is 0.0711. The minimum absolute atomic E-state index is 0.00582. The molecule has 13 heteroatoms. The number of hydrogen-bond donors (Lipinski definition) is 0. The molecule has 0 spiro atoms. The van der Waals surface area contributed by atoms with Crippen LogP contribution in [0.2, 0.25) is 10.6 Å². The van der Waals surface area contributed by atoms with Crippen LogP contribution >= 0.6 is 23.2 Å². The summed E-state index contributed by atoms with van der Waals surface area (Å²) in [6.45, 7) is 5.86. The van der Waals surface area contributed by atoms with Gasteiger partial charge in [-0.15, -0.1) is 9.97 Å². The first-order valence-electron chi connectivity index (χ1n) is 9.02. The minimum Gasteiger partial charge on any atom is -0.463 e. The van der Waals surface area contributed by atoms with Crippen molar-refractivity contribution in [1.29, 1.82) is 0 Å². The summed E-state index contributed by atoms with van der Waals surface area (Å²) in [6, 6.07) is 0.370. The predicted octanol–water partition coefficient (Wildman–Crippen LogP) is 2.42. The molecule has 0 bridgehead atoms. The van der Waals surface area contributed by atoms with Crippen molar-refractivity contribution in [2.24, 2.45) is 0 Å². The van der Waals surface area contributed by atoms with Gasteiger partial charge in [-0.1, -0.05) is 13.8 Å². The molecule has 0 amide bonds. The van der Waals surface area contributed by atoms with Crippen LogP contribution in [0.4, 0.5) is 0 Å². The van der Waals surface area contributed by atoms with E-state index in [0.29, 0.717) is 13.2 Å². The molecule has 160 valence electrons. The molecule has 0 aliphatic heterocycles. The number of aromatic nitrogens is 6. The molecular weight excluding hydrogens is 427 g/mol. The van der Waals surface area contributed by atoms with E-state index >= 15 is 0 Å². The maximum Gasteiger partial charge on any atom is 0.324 e. The molecule has 0 unspecified atom stereocenters. The monoisotopic (exact) mass is 448 g/mol. The van der Waals surface area contributed by atoms with Crippen molar-refractivity contribution in [2.75, 3.05) is 39.6 Å². The van der Waals surface area contributed by atoms with Gasteiger partial charge in [-0.05, 0) is 36.0 Å². The minimum atomic E-state index is -0.00582. The third kappa shape index (κ3) is 9.20. The van der Waals surface area contributed by atoms with Crippen molar-refractivity contribution in [3.8, 4) is 24.0 Å². The molecule has 0 atom stereocenters. The molecule has 11 nitrogen and oxygen atoms in total. The van der Waals surface area contributed by atoms with Crippen LogP contribution in [0, 0.1) is 0 Å². The first kappa shape index (κ1) is 23.0. The maximum absolute atomic E-state index is 5.81. The first-order chi connectivity index (χ1) is 14.1. The van der Waals surface area contributed by atoms with Gasteiger partial charge in [0.15, 0.2) is 0 Å². The zero-order valence-electron chi connectivity index (χ0n) is 16.1. The predicted molar refractivity (Wildman–Crippen MR) is 103 cm³/mol. The largest absolute Gasteiger partial charge is 0.463 e. The Morgan fingerprint density at radius 2 is 0.862 bits per heavy atom. The Morgan fingerprint density at radius 1 is 0.517 bits per heavy atom. The number of ether oxygens (including phenoxy) is 5. The van der Waals surface area contributed by atoms with Crippen LogP contribution in [-0.2, 0) is 4.74 Å². The fraction of sp³-hybridized carbons (Fsp3) is 0.625. The second-order valence-corrected chi connectivity index (χ2v) is 6.02. The van der Waals surface area contributed by atoms with E-state index in [4.69, 9.17) is 46.9 Å². The summed E-state index contributed by atoms with van der Waals surface area (Å²) in [5, 5.41) is -0.0116. The van der Waals surface area contributed by atoms with Crippen molar-refractivity contribution in [1.82, 2.24) is 29.9 Å². The Labute approximate surface area is 178 Å². The number of rotatable bonds is 14. The van der Waals surface area contributed by atoms with E-state index in [2.05, 4.69) is 29.9 Å². The summed E-state index contributed by atoms with van der Waals surface area (Å²) >= 11 is 11.6. The molecule has 0 radical (unpaired) electrons. The van der Waals surface area contributed by atoms with Crippen LogP contribution in [0.25, 0.3) is 0 Å². The zero-order chi connectivity index (χ0) is 20.9. The van der Waals surface area contributed by atoms with Gasteiger partial charge < -0.3 is 23.7 Å². The van der Waals surface area contributed by atoms with Crippen LogP contribution in [0.3, 0.4) is 0 Å². The highest BCUT2D eigenvalue weighted by Gasteiger charge is 2.08. The third-order valence-electron chi connectivity index (χ3n) is 2.92. The molecule has 2 aromatic heterocycles. The van der Waals surface area contributed by atoms with Gasteiger partial charge in [0, 0.05) is 0 Å². The van der Waals surface area contributed by atoms with Crippen molar-refractivity contribution in [3.05, 3.63) is 10.6 Å². The van der Waals surface area contributed by atoms with E-state index < -0.39 is 0 Å². The van der Waals surface area contributed by atoms with Crippen LogP contribution in [0.1, 0.15) is 26.7 Å². The molecule has 0 saturated heterocycles. The highest BCUT2D eigenvalue weighted by Crippen LogP contribution is 2.14. The summed E-state index contributed by atoms with van der Waals surface area (Å²) in [5.74, 6) is 0. The third-order valence-corrected chi connectivity index (χ3v) is 3.26. The van der Waals surface area contributed by atoms with Gasteiger partial charge in [0.05, 0.1) is 26.4 Å². The van der Waals surface area contributed by atoms with Gasteiger partial charge in [0.1, 0.15) is 13.2 Å². The average molecular weight is 449 g/mol. The molecule has 0 aliphatic carbocycles. The average Bonchev–Trinajstić information content (AvgIpc) is 2.69. The number of halogens is 2. The van der Waals surface area contributed by atoms with E-state index in [9.17, 15) is 0 Å². The van der Waals surface area contributed by atoms with Crippen molar-refractivity contribution >= 4 is 23.2 Å². The lowest BCUT2D eigenvalue weighted by Gasteiger charge is -2.08. The lowest BCUT2D eigenvalue weighted by atomic mass is 10.5. The van der Waals surface area contributed by atoms with Gasteiger partial charge in [-0.3, -0.25) is 0 Å². The van der Waals surface area contributed by atoms with E-state index in [1.807, 2.05) is 13.8 Å². The Bertz CT molecular complexity index is 696. The Balaban J connectivity index is 1.65. The SMILES string of the molecule is CCCOc1nc(Cl)nc(OCCOCCOc2nc(Cl)nc(OCCC)n2)n1. The van der Waals surface area contributed by atoms with E-state index in [-0.39, 0.29) is 61.0 Å². The smallest absolute Gasteiger partial charge is 0.324 e. The Hall–Kier alpha value is -2.24. The second kappa shape index (κ2) is 13.1. The van der Waals surface area contributed by atoms with E-state index in [1.165, 1.54) is 0 Å². The molecule has 0 aromatic carbocycles. The van der Waals surface area contributed by atoms with Crippen LogP contribution in [-0.4, -0.2) is 69.5 Å². The molecule has 0 saturated carbocycles. The molecule has 2 rings (SSSR count). The topological polar surface area (TPSA) is 123 Å². The first-order valence-corrected chi connectivity index (χ1v) is 9.78. The highest BCUT2D eigenvalue weighted by atomic mass is 35.5. The van der Waals surface area contributed by atoms with E-state index in [1.54, 1.807) is 0 Å². The Kier molecular flexibility index (Phi) is 10.4. The normalized spacial score (nSPS) is 10.6. The Morgan fingerprint density at radius 3 is 1.21 bits per heavy atom.